The van der Waals surface area contributed by atoms with Gasteiger partial charge in [0.1, 0.15) is 40.1 Å². The topological polar surface area (TPSA) is 126 Å². The van der Waals surface area contributed by atoms with Crippen molar-refractivity contribution in [1.29, 1.82) is 0 Å². The second-order valence-electron chi connectivity index (χ2n) is 11.2. The summed E-state index contributed by atoms with van der Waals surface area (Å²) in [6.07, 6.45) is 3.32. The van der Waals surface area contributed by atoms with E-state index in [0.717, 1.165) is 11.1 Å². The highest BCUT2D eigenvalue weighted by atomic mass is 35.5. The maximum Gasteiger partial charge on any atom is 0.222 e. The van der Waals surface area contributed by atoms with Crippen LogP contribution in [0.5, 0.6) is 11.8 Å². The highest BCUT2D eigenvalue weighted by Gasteiger charge is 2.21. The largest absolute Gasteiger partial charge is 0.477 e. The molecule has 48 heavy (non-hydrogen) atoms. The molecule has 0 bridgehead atoms. The average Bonchev–Trinajstić information content (AvgIpc) is 3.65. The van der Waals surface area contributed by atoms with Crippen LogP contribution in [-0.2, 0) is 13.3 Å². The monoisotopic (exact) mass is 694 g/mol. The van der Waals surface area contributed by atoms with Gasteiger partial charge in [0, 0.05) is 24.5 Å². The van der Waals surface area contributed by atoms with E-state index >= 15 is 0 Å². The minimum absolute atomic E-state index is 0.0512. The summed E-state index contributed by atoms with van der Waals surface area (Å²) < 4.78 is 28.0. The molecule has 0 fully saturated rings. The fourth-order valence-corrected chi connectivity index (χ4v) is 5.76. The lowest BCUT2D eigenvalue weighted by Crippen LogP contribution is -2.03. The average molecular weight is 696 g/mol. The van der Waals surface area contributed by atoms with Gasteiger partial charge in [0.25, 0.3) is 0 Å². The number of aliphatic hydroxyl groups excluding tert-OH is 1. The molecule has 6 heterocycles. The molecule has 0 aliphatic heterocycles. The first-order valence-corrected chi connectivity index (χ1v) is 16.4. The van der Waals surface area contributed by atoms with Crippen LogP contribution in [-0.4, -0.2) is 57.8 Å². The number of hydrogen-bond acceptors (Lipinski definition) is 9. The van der Waals surface area contributed by atoms with Crippen molar-refractivity contribution in [2.45, 2.75) is 66.9 Å². The molecule has 0 amide bonds. The van der Waals surface area contributed by atoms with E-state index in [0.29, 0.717) is 74.2 Å². The minimum atomic E-state index is -0.700. The Morgan fingerprint density at radius 3 is 1.58 bits per heavy atom. The first-order valence-electron chi connectivity index (χ1n) is 15.6. The molecule has 0 saturated heterocycles. The number of nitrogens with zero attached hydrogens (tertiary/aromatic N) is 8. The predicted octanol–water partition coefficient (Wildman–Crippen LogP) is 8.21. The number of fused-ring (bicyclic) bond motifs is 2. The van der Waals surface area contributed by atoms with Gasteiger partial charge in [-0.05, 0) is 77.9 Å². The van der Waals surface area contributed by atoms with Crippen LogP contribution in [0.15, 0.2) is 48.8 Å². The standard InChI is InChI=1S/C17H18ClFN4O.C17H19ClN4O2/c1-4-24-17-11(6-5-7-20-17)13-8-12(18)16-15(21-13)14(9-19)22-23(16)10(2)3;1-4-24-17-11(6-5-7-19-17)13-8-12(18)16-15(20-13)14(9-23)21-22(16)10(2)3/h5-8,10H,4,9H2,1-3H3;5-8,10,23H,4,9H2,1-3H3. The van der Waals surface area contributed by atoms with Gasteiger partial charge in [0.2, 0.25) is 11.8 Å². The molecular formula is C34H37Cl2FN8O3. The van der Waals surface area contributed by atoms with Gasteiger partial charge < -0.3 is 14.6 Å². The summed E-state index contributed by atoms with van der Waals surface area (Å²) in [5.74, 6) is 0.977. The van der Waals surface area contributed by atoms with E-state index in [2.05, 4.69) is 30.1 Å². The van der Waals surface area contributed by atoms with E-state index in [9.17, 15) is 9.50 Å². The highest BCUT2D eigenvalue weighted by Crippen LogP contribution is 2.36. The Balaban J connectivity index is 0.000000188. The molecule has 0 atom stereocenters. The van der Waals surface area contributed by atoms with Gasteiger partial charge >= 0.3 is 0 Å². The zero-order valence-corrected chi connectivity index (χ0v) is 29.1. The van der Waals surface area contributed by atoms with Crippen LogP contribution in [0.4, 0.5) is 4.39 Å². The van der Waals surface area contributed by atoms with Crippen LogP contribution < -0.4 is 9.47 Å². The zero-order valence-electron chi connectivity index (χ0n) is 27.6. The fourth-order valence-electron chi connectivity index (χ4n) is 5.20. The summed E-state index contributed by atoms with van der Waals surface area (Å²) in [6.45, 7) is 11.8. The van der Waals surface area contributed by atoms with Crippen LogP contribution in [0.25, 0.3) is 44.6 Å². The van der Waals surface area contributed by atoms with Crippen molar-refractivity contribution in [1.82, 2.24) is 39.5 Å². The lowest BCUT2D eigenvalue weighted by Gasteiger charge is -2.11. The SMILES string of the molecule is CCOc1ncccc1-c1cc(Cl)c2c(n1)c(CF)nn2C(C)C.CCOc1ncccc1-c1cc(Cl)c2c(n1)c(CO)nn2C(C)C. The number of pyridine rings is 4. The number of aliphatic hydroxyl groups is 1. The van der Waals surface area contributed by atoms with E-state index in [-0.39, 0.29) is 24.4 Å². The van der Waals surface area contributed by atoms with E-state index in [1.54, 1.807) is 40.0 Å². The van der Waals surface area contributed by atoms with Crippen LogP contribution >= 0.6 is 23.2 Å². The Bertz CT molecular complexity index is 1900. The van der Waals surface area contributed by atoms with E-state index in [4.69, 9.17) is 32.7 Å². The smallest absolute Gasteiger partial charge is 0.222 e. The Morgan fingerprint density at radius 1 is 0.750 bits per heavy atom. The number of aromatic nitrogens is 8. The molecule has 1 N–H and O–H groups in total. The third-order valence-corrected chi connectivity index (χ3v) is 7.84. The summed E-state index contributed by atoms with van der Waals surface area (Å²) in [5.41, 5.74) is 5.92. The molecule has 0 aliphatic rings. The van der Waals surface area contributed by atoms with E-state index < -0.39 is 6.67 Å². The van der Waals surface area contributed by atoms with Crippen molar-refractivity contribution in [2.75, 3.05) is 13.2 Å². The van der Waals surface area contributed by atoms with Crippen molar-refractivity contribution >= 4 is 45.3 Å². The van der Waals surface area contributed by atoms with Crippen molar-refractivity contribution in [3.8, 4) is 34.3 Å². The normalized spacial score (nSPS) is 11.4. The highest BCUT2D eigenvalue weighted by molar-refractivity contribution is 6.35. The molecule has 0 aliphatic carbocycles. The first kappa shape index (κ1) is 34.9. The van der Waals surface area contributed by atoms with Crippen molar-refractivity contribution in [3.63, 3.8) is 0 Å². The molecule has 0 radical (unpaired) electrons. The number of rotatable bonds is 10. The minimum Gasteiger partial charge on any atom is -0.477 e. The Labute approximate surface area is 287 Å². The summed E-state index contributed by atoms with van der Waals surface area (Å²) in [7, 11) is 0. The van der Waals surface area contributed by atoms with Crippen molar-refractivity contribution in [2.24, 2.45) is 0 Å². The lowest BCUT2D eigenvalue weighted by atomic mass is 10.1. The van der Waals surface area contributed by atoms with Gasteiger partial charge in [-0.3, -0.25) is 9.36 Å². The molecule has 14 heteroatoms. The molecule has 11 nitrogen and oxygen atoms in total. The third-order valence-electron chi connectivity index (χ3n) is 7.27. The lowest BCUT2D eigenvalue weighted by molar-refractivity contribution is 0.275. The second-order valence-corrected chi connectivity index (χ2v) is 12.0. The number of hydrogen-bond donors (Lipinski definition) is 1. The van der Waals surface area contributed by atoms with Gasteiger partial charge in [-0.1, -0.05) is 23.2 Å². The van der Waals surface area contributed by atoms with Crippen LogP contribution in [0.1, 0.15) is 65.0 Å². The van der Waals surface area contributed by atoms with Gasteiger partial charge in [-0.15, -0.1) is 0 Å². The molecular weight excluding hydrogens is 658 g/mol. The van der Waals surface area contributed by atoms with Gasteiger partial charge in [-0.2, -0.15) is 10.2 Å². The van der Waals surface area contributed by atoms with Crippen molar-refractivity contribution in [3.05, 3.63) is 70.2 Å². The van der Waals surface area contributed by atoms with E-state index in [1.165, 1.54) is 0 Å². The Hall–Kier alpha value is -4.39. The van der Waals surface area contributed by atoms with Crippen LogP contribution in [0.3, 0.4) is 0 Å². The quantitative estimate of drug-likeness (QED) is 0.151. The molecule has 0 saturated carbocycles. The van der Waals surface area contributed by atoms with Gasteiger partial charge in [0.15, 0.2) is 0 Å². The zero-order chi connectivity index (χ0) is 34.5. The molecule has 0 spiro atoms. The van der Waals surface area contributed by atoms with Gasteiger partial charge in [0.05, 0.1) is 52.4 Å². The molecule has 0 aromatic carbocycles. The predicted molar refractivity (Wildman–Crippen MR) is 185 cm³/mol. The number of alkyl halides is 1. The third kappa shape index (κ3) is 6.92. The van der Waals surface area contributed by atoms with Gasteiger partial charge in [-0.25, -0.2) is 24.3 Å². The van der Waals surface area contributed by atoms with Crippen molar-refractivity contribution < 1.29 is 19.0 Å². The second kappa shape index (κ2) is 15.2. The Kier molecular flexibility index (Phi) is 11.1. The summed E-state index contributed by atoms with van der Waals surface area (Å²) >= 11 is 13.0. The molecule has 252 valence electrons. The number of halogens is 3. The molecule has 6 aromatic heterocycles. The van der Waals surface area contributed by atoms with Crippen LogP contribution in [0.2, 0.25) is 10.0 Å². The first-order chi connectivity index (χ1) is 23.1. The Morgan fingerprint density at radius 2 is 1.19 bits per heavy atom. The molecule has 6 aromatic rings. The number of ether oxygens (including phenoxy) is 2. The summed E-state index contributed by atoms with van der Waals surface area (Å²) in [6, 6.07) is 11.0. The summed E-state index contributed by atoms with van der Waals surface area (Å²) in [5, 5.41) is 19.4. The fraction of sp³-hybridized carbons (Fsp3) is 0.353. The van der Waals surface area contributed by atoms with Crippen LogP contribution in [0, 0.1) is 0 Å². The maximum absolute atomic E-state index is 13.4. The molecule has 6 rings (SSSR count). The van der Waals surface area contributed by atoms with E-state index in [1.807, 2.05) is 59.7 Å². The molecule has 0 unspecified atom stereocenters. The maximum atomic E-state index is 13.4. The summed E-state index contributed by atoms with van der Waals surface area (Å²) in [4.78, 5) is 17.8.